The Balaban J connectivity index is 2.06. The van der Waals surface area contributed by atoms with Gasteiger partial charge in [0.15, 0.2) is 0 Å². The number of unbranched alkanes of at least 4 members (excludes halogenated alkanes) is 2. The van der Waals surface area contributed by atoms with Crippen LogP contribution in [0.2, 0.25) is 0 Å². The molecule has 0 aliphatic carbocycles. The molecule has 0 radical (unpaired) electrons. The fraction of sp³-hybridized carbons (Fsp3) is 0.444. The molecule has 0 unspecified atom stereocenters. The number of aromatic nitrogens is 2. The quantitative estimate of drug-likeness (QED) is 0.576. The van der Waals surface area contributed by atoms with Gasteiger partial charge in [0, 0.05) is 18.1 Å². The predicted octanol–water partition coefficient (Wildman–Crippen LogP) is 2.02. The average Bonchev–Trinajstić information content (AvgIpc) is 2.70. The van der Waals surface area contributed by atoms with E-state index in [2.05, 4.69) is 26.8 Å². The van der Waals surface area contributed by atoms with E-state index in [1.165, 1.54) is 6.20 Å². The van der Waals surface area contributed by atoms with Gasteiger partial charge >= 0.3 is 6.03 Å². The van der Waals surface area contributed by atoms with Gasteiger partial charge in [-0.15, -0.1) is 11.7 Å². The number of rotatable bonds is 6. The second kappa shape index (κ2) is 6.94. The summed E-state index contributed by atoms with van der Waals surface area (Å²) in [7, 11) is 0. The van der Waals surface area contributed by atoms with Gasteiger partial charge < -0.3 is 5.32 Å². The van der Waals surface area contributed by atoms with E-state index in [0.29, 0.717) is 11.5 Å². The lowest BCUT2D eigenvalue weighted by Crippen LogP contribution is -2.29. The van der Waals surface area contributed by atoms with E-state index in [1.807, 2.05) is 6.08 Å². The van der Waals surface area contributed by atoms with Crippen LogP contribution in [0.15, 0.2) is 18.9 Å². The zero-order valence-corrected chi connectivity index (χ0v) is 9.22. The Bertz CT molecular complexity index is 299. The van der Waals surface area contributed by atoms with Crippen molar-refractivity contribution < 1.29 is 4.79 Å². The summed E-state index contributed by atoms with van der Waals surface area (Å²) in [5, 5.41) is 9.65. The van der Waals surface area contributed by atoms with E-state index in [4.69, 9.17) is 0 Å². The summed E-state index contributed by atoms with van der Waals surface area (Å²) < 4.78 is 3.63. The molecular weight excluding hydrogens is 212 g/mol. The Hall–Kier alpha value is -1.43. The van der Waals surface area contributed by atoms with Crippen molar-refractivity contribution in [1.29, 1.82) is 0 Å². The smallest absolute Gasteiger partial charge is 0.319 e. The monoisotopic (exact) mass is 226 g/mol. The van der Waals surface area contributed by atoms with Crippen molar-refractivity contribution in [3.05, 3.63) is 18.9 Å². The first-order valence-electron chi connectivity index (χ1n) is 4.76. The normalized spacial score (nSPS) is 9.60. The lowest BCUT2D eigenvalue weighted by atomic mass is 10.2. The van der Waals surface area contributed by atoms with Gasteiger partial charge in [0.1, 0.15) is 5.00 Å². The minimum absolute atomic E-state index is 0.209. The Morgan fingerprint density at radius 3 is 3.13 bits per heavy atom. The van der Waals surface area contributed by atoms with Crippen LogP contribution >= 0.6 is 11.5 Å². The first kappa shape index (κ1) is 11.6. The van der Waals surface area contributed by atoms with Crippen LogP contribution in [0.5, 0.6) is 0 Å². The molecule has 0 spiro atoms. The molecule has 1 aromatic heterocycles. The summed E-state index contributed by atoms with van der Waals surface area (Å²) >= 11 is 1.15. The van der Waals surface area contributed by atoms with Crippen LogP contribution in [0, 0.1) is 0 Å². The van der Waals surface area contributed by atoms with Gasteiger partial charge in [-0.2, -0.15) is 0 Å². The van der Waals surface area contributed by atoms with Gasteiger partial charge in [0.2, 0.25) is 0 Å². The highest BCUT2D eigenvalue weighted by Crippen LogP contribution is 2.08. The lowest BCUT2D eigenvalue weighted by Gasteiger charge is -2.04. The molecule has 0 aliphatic rings. The highest BCUT2D eigenvalue weighted by molar-refractivity contribution is 7.10. The largest absolute Gasteiger partial charge is 0.338 e. The van der Waals surface area contributed by atoms with Gasteiger partial charge in [0.05, 0.1) is 6.20 Å². The van der Waals surface area contributed by atoms with Crippen molar-refractivity contribution in [3.8, 4) is 0 Å². The van der Waals surface area contributed by atoms with Crippen LogP contribution in [0.1, 0.15) is 19.3 Å². The van der Waals surface area contributed by atoms with Crippen molar-refractivity contribution in [2.24, 2.45) is 0 Å². The number of carbonyl (C=O) groups excluding carboxylic acids is 1. The van der Waals surface area contributed by atoms with Crippen molar-refractivity contribution in [2.45, 2.75) is 19.3 Å². The van der Waals surface area contributed by atoms with Gasteiger partial charge in [-0.3, -0.25) is 5.32 Å². The summed E-state index contributed by atoms with van der Waals surface area (Å²) in [6.45, 7) is 4.30. The number of hydrogen-bond acceptors (Lipinski definition) is 4. The first-order valence-corrected chi connectivity index (χ1v) is 5.53. The molecule has 82 valence electrons. The van der Waals surface area contributed by atoms with Crippen LogP contribution in [0.4, 0.5) is 9.80 Å². The van der Waals surface area contributed by atoms with Crippen LogP contribution < -0.4 is 10.6 Å². The standard InChI is InChI=1S/C9H14N4OS/c1-2-3-4-5-6-10-9(14)12-8-7-11-13-15-8/h2,7H,1,3-6H2,(H2,10,12,14). The number of nitrogens with zero attached hydrogens (tertiary/aromatic N) is 2. The minimum Gasteiger partial charge on any atom is -0.338 e. The van der Waals surface area contributed by atoms with E-state index in [9.17, 15) is 4.79 Å². The molecule has 0 aromatic carbocycles. The van der Waals surface area contributed by atoms with E-state index in [1.54, 1.807) is 0 Å². The molecule has 1 aromatic rings. The summed E-state index contributed by atoms with van der Waals surface area (Å²) in [4.78, 5) is 11.3. The SMILES string of the molecule is C=CCCCCNC(=O)Nc1cnns1. The number of carbonyl (C=O) groups is 1. The van der Waals surface area contributed by atoms with Crippen molar-refractivity contribution in [1.82, 2.24) is 14.9 Å². The van der Waals surface area contributed by atoms with Gasteiger partial charge in [-0.05, 0) is 19.3 Å². The zero-order chi connectivity index (χ0) is 10.9. The van der Waals surface area contributed by atoms with E-state index in [-0.39, 0.29) is 6.03 Å². The third-order valence-corrected chi connectivity index (χ3v) is 2.30. The molecule has 1 rings (SSSR count). The fourth-order valence-corrected chi connectivity index (χ4v) is 1.41. The summed E-state index contributed by atoms with van der Waals surface area (Å²) in [6.07, 6.45) is 6.39. The molecule has 2 N–H and O–H groups in total. The highest BCUT2D eigenvalue weighted by Gasteiger charge is 2.01. The molecule has 0 fully saturated rings. The Labute approximate surface area is 92.7 Å². The molecule has 1 heterocycles. The summed E-state index contributed by atoms with van der Waals surface area (Å²) in [6, 6.07) is -0.209. The Morgan fingerprint density at radius 2 is 2.47 bits per heavy atom. The van der Waals surface area contributed by atoms with Gasteiger partial charge in [-0.25, -0.2) is 4.79 Å². The Kier molecular flexibility index (Phi) is 5.39. The number of anilines is 1. The molecule has 0 saturated heterocycles. The summed E-state index contributed by atoms with van der Waals surface area (Å²) in [5.41, 5.74) is 0. The molecule has 0 bridgehead atoms. The predicted molar refractivity (Wildman–Crippen MR) is 61.0 cm³/mol. The number of hydrogen-bond donors (Lipinski definition) is 2. The van der Waals surface area contributed by atoms with E-state index < -0.39 is 0 Å². The molecule has 2 amide bonds. The Morgan fingerprint density at radius 1 is 1.60 bits per heavy atom. The number of nitrogens with one attached hydrogen (secondary N) is 2. The second-order valence-electron chi connectivity index (χ2n) is 2.95. The number of amides is 2. The first-order chi connectivity index (χ1) is 7.33. The van der Waals surface area contributed by atoms with Crippen molar-refractivity contribution >= 4 is 22.6 Å². The topological polar surface area (TPSA) is 66.9 Å². The minimum atomic E-state index is -0.209. The van der Waals surface area contributed by atoms with Gasteiger partial charge in [0.25, 0.3) is 0 Å². The maximum Gasteiger partial charge on any atom is 0.319 e. The fourth-order valence-electron chi connectivity index (χ4n) is 0.994. The second-order valence-corrected chi connectivity index (χ2v) is 3.73. The van der Waals surface area contributed by atoms with Crippen molar-refractivity contribution in [3.63, 3.8) is 0 Å². The average molecular weight is 226 g/mol. The molecule has 0 aliphatic heterocycles. The van der Waals surface area contributed by atoms with E-state index >= 15 is 0 Å². The third kappa shape index (κ3) is 5.11. The third-order valence-electron chi connectivity index (χ3n) is 1.72. The number of allylic oxidation sites excluding steroid dienone is 1. The lowest BCUT2D eigenvalue weighted by molar-refractivity contribution is 0.252. The van der Waals surface area contributed by atoms with Crippen LogP contribution in [0.3, 0.4) is 0 Å². The molecule has 0 saturated carbocycles. The maximum absolute atomic E-state index is 11.3. The number of urea groups is 1. The summed E-state index contributed by atoms with van der Waals surface area (Å²) in [5.74, 6) is 0. The maximum atomic E-state index is 11.3. The van der Waals surface area contributed by atoms with Crippen LogP contribution in [-0.4, -0.2) is 22.2 Å². The molecule has 6 heteroatoms. The molecule has 0 atom stereocenters. The zero-order valence-electron chi connectivity index (χ0n) is 8.40. The van der Waals surface area contributed by atoms with Gasteiger partial charge in [-0.1, -0.05) is 10.6 Å². The van der Waals surface area contributed by atoms with Crippen LogP contribution in [0.25, 0.3) is 0 Å². The molecule has 15 heavy (non-hydrogen) atoms. The van der Waals surface area contributed by atoms with Crippen LogP contribution in [-0.2, 0) is 0 Å². The van der Waals surface area contributed by atoms with E-state index in [0.717, 1.165) is 30.8 Å². The molecule has 5 nitrogen and oxygen atoms in total. The van der Waals surface area contributed by atoms with Crippen molar-refractivity contribution in [2.75, 3.05) is 11.9 Å². The highest BCUT2D eigenvalue weighted by atomic mass is 32.1. The molecular formula is C9H14N4OS.